The predicted octanol–water partition coefficient (Wildman–Crippen LogP) is 4.37. The van der Waals surface area contributed by atoms with Crippen molar-refractivity contribution < 1.29 is 0 Å². The van der Waals surface area contributed by atoms with E-state index in [9.17, 15) is 0 Å². The molecule has 0 heterocycles. The van der Waals surface area contributed by atoms with E-state index < -0.39 is 0 Å². The fraction of sp³-hybridized carbons (Fsp3) is 1.00. The van der Waals surface area contributed by atoms with Crippen LogP contribution in [0, 0.1) is 17.8 Å². The van der Waals surface area contributed by atoms with E-state index in [1.54, 1.807) is 0 Å². The third-order valence-corrected chi connectivity index (χ3v) is 5.00. The van der Waals surface area contributed by atoms with Crippen molar-refractivity contribution in [3.05, 3.63) is 0 Å². The summed E-state index contributed by atoms with van der Waals surface area (Å²) < 4.78 is 0. The lowest BCUT2D eigenvalue weighted by atomic mass is 9.82. The van der Waals surface area contributed by atoms with Crippen LogP contribution in [0.4, 0.5) is 0 Å². The first-order chi connectivity index (χ1) is 8.24. The minimum atomic E-state index is 0.831. The fourth-order valence-electron chi connectivity index (χ4n) is 3.77. The van der Waals surface area contributed by atoms with Crippen LogP contribution in [0.1, 0.15) is 71.6 Å². The van der Waals surface area contributed by atoms with Gasteiger partial charge in [-0.15, -0.1) is 0 Å². The van der Waals surface area contributed by atoms with Crippen LogP contribution in [0.15, 0.2) is 0 Å². The molecule has 2 aliphatic rings. The Morgan fingerprint density at radius 3 is 2.41 bits per heavy atom. The van der Waals surface area contributed by atoms with Gasteiger partial charge in [-0.1, -0.05) is 39.5 Å². The molecule has 1 N–H and O–H groups in total. The van der Waals surface area contributed by atoms with Crippen LogP contribution in [0.25, 0.3) is 0 Å². The summed E-state index contributed by atoms with van der Waals surface area (Å²) in [6.07, 6.45) is 13.1. The summed E-state index contributed by atoms with van der Waals surface area (Å²) in [5, 5.41) is 3.87. The number of hydrogen-bond acceptors (Lipinski definition) is 1. The van der Waals surface area contributed by atoms with Gasteiger partial charge in [0.2, 0.25) is 0 Å². The molecule has 1 nitrogen and oxygen atoms in total. The molecule has 0 aliphatic heterocycles. The second-order valence-electron chi connectivity index (χ2n) is 6.86. The van der Waals surface area contributed by atoms with Gasteiger partial charge >= 0.3 is 0 Å². The number of nitrogens with one attached hydrogen (secondary N) is 1. The quantitative estimate of drug-likeness (QED) is 0.719. The van der Waals surface area contributed by atoms with Crippen LogP contribution in [0.2, 0.25) is 0 Å². The molecule has 4 atom stereocenters. The lowest BCUT2D eigenvalue weighted by molar-refractivity contribution is 0.263. The first kappa shape index (κ1) is 13.4. The summed E-state index contributed by atoms with van der Waals surface area (Å²) in [6, 6.07) is 0.831. The van der Waals surface area contributed by atoms with E-state index in [2.05, 4.69) is 19.2 Å². The van der Waals surface area contributed by atoms with E-state index >= 15 is 0 Å². The molecule has 2 saturated carbocycles. The van der Waals surface area contributed by atoms with Gasteiger partial charge in [-0.25, -0.2) is 0 Å². The number of rotatable bonds is 3. The SMILES string of the molecule is CC1CCCC(NCC2CCCC(C)C2)CC1. The van der Waals surface area contributed by atoms with Crippen LogP contribution in [0.5, 0.6) is 0 Å². The van der Waals surface area contributed by atoms with E-state index in [0.717, 1.165) is 23.8 Å². The minimum Gasteiger partial charge on any atom is -0.314 e. The highest BCUT2D eigenvalue weighted by molar-refractivity contribution is 4.77. The summed E-state index contributed by atoms with van der Waals surface area (Å²) >= 11 is 0. The summed E-state index contributed by atoms with van der Waals surface area (Å²) in [4.78, 5) is 0. The lowest BCUT2D eigenvalue weighted by Gasteiger charge is -2.28. The Kier molecular flexibility index (Phi) is 5.34. The zero-order valence-corrected chi connectivity index (χ0v) is 11.9. The van der Waals surface area contributed by atoms with Crippen LogP contribution >= 0.6 is 0 Å². The second kappa shape index (κ2) is 6.78. The van der Waals surface area contributed by atoms with Crippen LogP contribution in [-0.2, 0) is 0 Å². The van der Waals surface area contributed by atoms with E-state index in [-0.39, 0.29) is 0 Å². The van der Waals surface area contributed by atoms with Gasteiger partial charge in [-0.2, -0.15) is 0 Å². The van der Waals surface area contributed by atoms with E-state index in [1.807, 2.05) is 0 Å². The highest BCUT2D eigenvalue weighted by Gasteiger charge is 2.21. The first-order valence-corrected chi connectivity index (χ1v) is 7.97. The molecule has 0 aromatic heterocycles. The average Bonchev–Trinajstić information content (AvgIpc) is 2.52. The average molecular weight is 237 g/mol. The maximum absolute atomic E-state index is 3.87. The van der Waals surface area contributed by atoms with Gasteiger partial charge in [0.05, 0.1) is 0 Å². The smallest absolute Gasteiger partial charge is 0.00672 e. The molecular weight excluding hydrogens is 206 g/mol. The standard InChI is InChI=1S/C16H31N/c1-13-5-4-8-16(10-9-13)17-12-15-7-3-6-14(2)11-15/h13-17H,3-12H2,1-2H3. The topological polar surface area (TPSA) is 12.0 Å². The van der Waals surface area contributed by atoms with Gasteiger partial charge in [0.15, 0.2) is 0 Å². The summed E-state index contributed by atoms with van der Waals surface area (Å²) in [5.41, 5.74) is 0. The van der Waals surface area contributed by atoms with Crippen molar-refractivity contribution in [2.75, 3.05) is 6.54 Å². The maximum Gasteiger partial charge on any atom is 0.00672 e. The van der Waals surface area contributed by atoms with Crippen molar-refractivity contribution in [3.8, 4) is 0 Å². The molecule has 0 saturated heterocycles. The Hall–Kier alpha value is -0.0400. The van der Waals surface area contributed by atoms with Crippen LogP contribution in [0.3, 0.4) is 0 Å². The highest BCUT2D eigenvalue weighted by Crippen LogP contribution is 2.28. The molecule has 100 valence electrons. The molecule has 0 spiro atoms. The first-order valence-electron chi connectivity index (χ1n) is 7.97. The van der Waals surface area contributed by atoms with Crippen molar-refractivity contribution in [3.63, 3.8) is 0 Å². The molecule has 2 rings (SSSR count). The van der Waals surface area contributed by atoms with E-state index in [4.69, 9.17) is 0 Å². The van der Waals surface area contributed by atoms with E-state index in [1.165, 1.54) is 64.3 Å². The third-order valence-electron chi connectivity index (χ3n) is 5.00. The minimum absolute atomic E-state index is 0.831. The molecule has 2 aliphatic carbocycles. The molecule has 0 aromatic carbocycles. The predicted molar refractivity (Wildman–Crippen MR) is 75.2 cm³/mol. The Morgan fingerprint density at radius 1 is 0.824 bits per heavy atom. The van der Waals surface area contributed by atoms with Crippen LogP contribution < -0.4 is 5.32 Å². The van der Waals surface area contributed by atoms with Crippen molar-refractivity contribution in [2.24, 2.45) is 17.8 Å². The summed E-state index contributed by atoms with van der Waals surface area (Å²) in [5.74, 6) is 2.92. The highest BCUT2D eigenvalue weighted by atomic mass is 14.9. The van der Waals surface area contributed by atoms with Crippen molar-refractivity contribution in [2.45, 2.75) is 77.7 Å². The van der Waals surface area contributed by atoms with Crippen molar-refractivity contribution in [1.29, 1.82) is 0 Å². The molecule has 4 unspecified atom stereocenters. The maximum atomic E-state index is 3.87. The Morgan fingerprint density at radius 2 is 1.59 bits per heavy atom. The van der Waals surface area contributed by atoms with Gasteiger partial charge in [0.25, 0.3) is 0 Å². The normalized spacial score (nSPS) is 39.9. The summed E-state index contributed by atoms with van der Waals surface area (Å²) in [7, 11) is 0. The lowest BCUT2D eigenvalue weighted by Crippen LogP contribution is -2.34. The van der Waals surface area contributed by atoms with Gasteiger partial charge < -0.3 is 5.32 Å². The third kappa shape index (κ3) is 4.62. The fourth-order valence-corrected chi connectivity index (χ4v) is 3.77. The van der Waals surface area contributed by atoms with Crippen molar-refractivity contribution >= 4 is 0 Å². The zero-order chi connectivity index (χ0) is 12.1. The Labute approximate surface area is 108 Å². The Bertz CT molecular complexity index is 214. The molecule has 0 amide bonds. The van der Waals surface area contributed by atoms with Crippen LogP contribution in [-0.4, -0.2) is 12.6 Å². The molecule has 17 heavy (non-hydrogen) atoms. The summed E-state index contributed by atoms with van der Waals surface area (Å²) in [6.45, 7) is 6.15. The molecule has 0 aromatic rings. The Balaban J connectivity index is 1.66. The molecular formula is C16H31N. The van der Waals surface area contributed by atoms with Gasteiger partial charge in [0, 0.05) is 6.04 Å². The largest absolute Gasteiger partial charge is 0.314 e. The van der Waals surface area contributed by atoms with Gasteiger partial charge in [-0.05, 0) is 56.4 Å². The zero-order valence-electron chi connectivity index (χ0n) is 11.9. The van der Waals surface area contributed by atoms with Gasteiger partial charge in [-0.3, -0.25) is 0 Å². The second-order valence-corrected chi connectivity index (χ2v) is 6.86. The molecule has 0 radical (unpaired) electrons. The molecule has 0 bridgehead atoms. The van der Waals surface area contributed by atoms with E-state index in [0.29, 0.717) is 0 Å². The number of hydrogen-bond donors (Lipinski definition) is 1. The van der Waals surface area contributed by atoms with Crippen molar-refractivity contribution in [1.82, 2.24) is 5.32 Å². The molecule has 1 heteroatoms. The monoisotopic (exact) mass is 237 g/mol. The molecule has 2 fully saturated rings. The van der Waals surface area contributed by atoms with Gasteiger partial charge in [0.1, 0.15) is 0 Å².